The first-order chi connectivity index (χ1) is 11.3. The molecule has 1 amide bonds. The van der Waals surface area contributed by atoms with E-state index in [-0.39, 0.29) is 16.4 Å². The van der Waals surface area contributed by atoms with E-state index in [4.69, 9.17) is 11.6 Å². The fourth-order valence-electron chi connectivity index (χ4n) is 1.78. The Morgan fingerprint density at radius 1 is 1.21 bits per heavy atom. The van der Waals surface area contributed by atoms with Gasteiger partial charge in [-0.25, -0.2) is 0 Å². The summed E-state index contributed by atoms with van der Waals surface area (Å²) in [5.74, 6) is -0.198. The van der Waals surface area contributed by atoms with Crippen molar-refractivity contribution in [3.63, 3.8) is 0 Å². The van der Waals surface area contributed by atoms with E-state index in [2.05, 4.69) is 20.8 Å². The second kappa shape index (κ2) is 7.48. The second-order valence-corrected chi connectivity index (χ2v) is 5.28. The summed E-state index contributed by atoms with van der Waals surface area (Å²) in [6.07, 6.45) is -3.63. The molecule has 9 heteroatoms. The molecule has 0 radical (unpaired) electrons. The number of benzene rings is 1. The van der Waals surface area contributed by atoms with Crippen molar-refractivity contribution in [3.8, 4) is 0 Å². The first-order valence-electron chi connectivity index (χ1n) is 7.07. The lowest BCUT2D eigenvalue weighted by Gasteiger charge is -2.11. The Kier molecular flexibility index (Phi) is 5.61. The highest BCUT2D eigenvalue weighted by Crippen LogP contribution is 2.33. The van der Waals surface area contributed by atoms with Gasteiger partial charge in [0.1, 0.15) is 5.82 Å². The maximum absolute atomic E-state index is 12.7. The average molecular weight is 359 g/mol. The third kappa shape index (κ3) is 4.58. The van der Waals surface area contributed by atoms with Crippen molar-refractivity contribution in [2.75, 3.05) is 17.2 Å². The van der Waals surface area contributed by atoms with E-state index in [0.717, 1.165) is 24.6 Å². The van der Waals surface area contributed by atoms with Gasteiger partial charge in [0.15, 0.2) is 5.69 Å². The predicted octanol–water partition coefficient (Wildman–Crippen LogP) is 4.22. The van der Waals surface area contributed by atoms with Crippen LogP contribution in [0.15, 0.2) is 30.3 Å². The summed E-state index contributed by atoms with van der Waals surface area (Å²) in [7, 11) is 0. The molecule has 2 N–H and O–H groups in total. The molecule has 0 bridgehead atoms. The van der Waals surface area contributed by atoms with Crippen LogP contribution in [0.4, 0.5) is 24.7 Å². The molecule has 0 aliphatic heterocycles. The number of amides is 1. The highest BCUT2D eigenvalue weighted by molar-refractivity contribution is 6.33. The van der Waals surface area contributed by atoms with Crippen LogP contribution in [0.2, 0.25) is 5.02 Å². The lowest BCUT2D eigenvalue weighted by atomic mass is 10.2. The van der Waals surface area contributed by atoms with Crippen LogP contribution < -0.4 is 10.6 Å². The van der Waals surface area contributed by atoms with Crippen LogP contribution in [0.25, 0.3) is 0 Å². The molecule has 0 unspecified atom stereocenters. The summed E-state index contributed by atoms with van der Waals surface area (Å²) in [4.78, 5) is 12.1. The molecule has 0 aliphatic rings. The van der Waals surface area contributed by atoms with Crippen LogP contribution in [0.5, 0.6) is 0 Å². The number of halogens is 4. The van der Waals surface area contributed by atoms with E-state index >= 15 is 0 Å². The molecular formula is C15H14ClF3N4O. The average Bonchev–Trinajstić information content (AvgIpc) is 2.54. The molecule has 24 heavy (non-hydrogen) atoms. The van der Waals surface area contributed by atoms with E-state index in [9.17, 15) is 18.0 Å². The minimum absolute atomic E-state index is 0.00876. The molecular weight excluding hydrogens is 345 g/mol. The molecule has 2 rings (SSSR count). The molecule has 0 spiro atoms. The molecule has 0 saturated carbocycles. The number of rotatable bonds is 5. The van der Waals surface area contributed by atoms with Gasteiger partial charge in [0, 0.05) is 6.54 Å². The normalized spacial score (nSPS) is 11.2. The molecule has 0 aliphatic carbocycles. The van der Waals surface area contributed by atoms with E-state index in [1.807, 2.05) is 6.92 Å². The minimum Gasteiger partial charge on any atom is -0.369 e. The quantitative estimate of drug-likeness (QED) is 0.839. The summed E-state index contributed by atoms with van der Waals surface area (Å²) >= 11 is 5.83. The van der Waals surface area contributed by atoms with Crippen LogP contribution in [0.1, 0.15) is 29.4 Å². The number of aromatic nitrogens is 2. The Labute approximate surface area is 141 Å². The maximum atomic E-state index is 12.7. The zero-order chi connectivity index (χ0) is 17.7. The van der Waals surface area contributed by atoms with Crippen LogP contribution in [-0.2, 0) is 6.18 Å². The van der Waals surface area contributed by atoms with Gasteiger partial charge in [0.2, 0.25) is 0 Å². The van der Waals surface area contributed by atoms with Gasteiger partial charge in [-0.1, -0.05) is 18.5 Å². The number of carbonyl (C=O) groups excluding carboxylic acids is 1. The molecule has 2 aromatic rings. The van der Waals surface area contributed by atoms with Crippen molar-refractivity contribution < 1.29 is 18.0 Å². The van der Waals surface area contributed by atoms with Gasteiger partial charge in [-0.15, -0.1) is 10.2 Å². The van der Waals surface area contributed by atoms with E-state index < -0.39 is 17.6 Å². The van der Waals surface area contributed by atoms with Gasteiger partial charge in [-0.2, -0.15) is 13.2 Å². The number of anilines is 2. The maximum Gasteiger partial charge on any atom is 0.416 e. The van der Waals surface area contributed by atoms with E-state index in [1.165, 1.54) is 6.07 Å². The molecule has 1 aromatic carbocycles. The Balaban J connectivity index is 2.14. The molecule has 0 saturated heterocycles. The molecule has 1 aromatic heterocycles. The van der Waals surface area contributed by atoms with Crippen LogP contribution in [-0.4, -0.2) is 22.6 Å². The molecule has 128 valence electrons. The minimum atomic E-state index is -4.53. The summed E-state index contributed by atoms with van der Waals surface area (Å²) in [6.45, 7) is 2.70. The van der Waals surface area contributed by atoms with Gasteiger partial charge in [-0.3, -0.25) is 4.79 Å². The Bertz CT molecular complexity index is 720. The first kappa shape index (κ1) is 18.0. The van der Waals surface area contributed by atoms with Crippen LogP contribution in [0.3, 0.4) is 0 Å². The summed E-state index contributed by atoms with van der Waals surface area (Å²) in [6, 6.07) is 5.66. The van der Waals surface area contributed by atoms with Crippen LogP contribution in [0, 0.1) is 0 Å². The van der Waals surface area contributed by atoms with Crippen molar-refractivity contribution in [2.45, 2.75) is 19.5 Å². The van der Waals surface area contributed by atoms with Gasteiger partial charge < -0.3 is 10.6 Å². The smallest absolute Gasteiger partial charge is 0.369 e. The van der Waals surface area contributed by atoms with E-state index in [1.54, 1.807) is 6.07 Å². The number of carbonyl (C=O) groups is 1. The van der Waals surface area contributed by atoms with Crippen molar-refractivity contribution in [1.82, 2.24) is 10.2 Å². The number of nitrogens with zero attached hydrogens (tertiary/aromatic N) is 2. The Morgan fingerprint density at radius 2 is 1.96 bits per heavy atom. The van der Waals surface area contributed by atoms with Gasteiger partial charge in [0.25, 0.3) is 5.91 Å². The molecule has 1 heterocycles. The lowest BCUT2D eigenvalue weighted by Crippen LogP contribution is -2.16. The fraction of sp³-hybridized carbons (Fsp3) is 0.267. The first-order valence-corrected chi connectivity index (χ1v) is 7.44. The monoisotopic (exact) mass is 358 g/mol. The van der Waals surface area contributed by atoms with E-state index in [0.29, 0.717) is 12.4 Å². The zero-order valence-electron chi connectivity index (χ0n) is 12.6. The summed E-state index contributed by atoms with van der Waals surface area (Å²) < 4.78 is 38.2. The highest BCUT2D eigenvalue weighted by atomic mass is 35.5. The second-order valence-electron chi connectivity index (χ2n) is 4.88. The standard InChI is InChI=1S/C15H14ClF3N4O/c1-2-7-20-13-6-5-11(22-23-13)14(24)21-12-8-9(15(17,18)19)3-4-10(12)16/h3-6,8H,2,7H2,1H3,(H,20,23)(H,21,24). The van der Waals surface area contributed by atoms with Crippen molar-refractivity contribution in [1.29, 1.82) is 0 Å². The number of nitrogens with one attached hydrogen (secondary N) is 2. The highest BCUT2D eigenvalue weighted by Gasteiger charge is 2.31. The largest absolute Gasteiger partial charge is 0.416 e. The molecule has 0 fully saturated rings. The third-order valence-electron chi connectivity index (χ3n) is 3.00. The predicted molar refractivity (Wildman–Crippen MR) is 85.2 cm³/mol. The van der Waals surface area contributed by atoms with Gasteiger partial charge in [0.05, 0.1) is 16.3 Å². The lowest BCUT2D eigenvalue weighted by molar-refractivity contribution is -0.137. The Morgan fingerprint density at radius 3 is 2.54 bits per heavy atom. The van der Waals surface area contributed by atoms with Gasteiger partial charge in [-0.05, 0) is 36.8 Å². The summed E-state index contributed by atoms with van der Waals surface area (Å²) in [5, 5.41) is 12.9. The van der Waals surface area contributed by atoms with Crippen LogP contribution >= 0.6 is 11.6 Å². The van der Waals surface area contributed by atoms with Gasteiger partial charge >= 0.3 is 6.18 Å². The molecule has 0 atom stereocenters. The number of hydrogen-bond acceptors (Lipinski definition) is 4. The van der Waals surface area contributed by atoms with Crippen molar-refractivity contribution in [3.05, 3.63) is 46.6 Å². The topological polar surface area (TPSA) is 66.9 Å². The van der Waals surface area contributed by atoms with Crippen molar-refractivity contribution >= 4 is 29.0 Å². The Hall–Kier alpha value is -2.35. The summed E-state index contributed by atoms with van der Waals surface area (Å²) in [5.41, 5.74) is -1.09. The third-order valence-corrected chi connectivity index (χ3v) is 3.32. The number of hydrogen-bond donors (Lipinski definition) is 2. The zero-order valence-corrected chi connectivity index (χ0v) is 13.4. The molecule has 5 nitrogen and oxygen atoms in total. The SMILES string of the molecule is CCCNc1ccc(C(=O)Nc2cc(C(F)(F)F)ccc2Cl)nn1. The number of alkyl halides is 3. The fourth-order valence-corrected chi connectivity index (χ4v) is 1.95. The van der Waals surface area contributed by atoms with Crippen molar-refractivity contribution in [2.24, 2.45) is 0 Å².